The first-order valence-corrected chi connectivity index (χ1v) is 12.1. The molecule has 4 aliphatic heterocycles. The number of carbonyl (C=O) groups excluding carboxylic acids is 2. The van der Waals surface area contributed by atoms with E-state index >= 15 is 0 Å². The highest BCUT2D eigenvalue weighted by Crippen LogP contribution is 2.62. The number of benzene rings is 3. The van der Waals surface area contributed by atoms with Crippen LogP contribution in [-0.4, -0.2) is 33.3 Å². The van der Waals surface area contributed by atoms with Gasteiger partial charge in [0.15, 0.2) is 0 Å². The Kier molecular flexibility index (Phi) is 4.04. The molecule has 1 aromatic heterocycles. The van der Waals surface area contributed by atoms with Crippen molar-refractivity contribution >= 4 is 28.4 Å². The van der Waals surface area contributed by atoms with Gasteiger partial charge in [-0.25, -0.2) is 4.98 Å². The molecule has 0 aliphatic carbocycles. The minimum atomic E-state index is -1.15. The molecule has 5 heterocycles. The van der Waals surface area contributed by atoms with Crippen LogP contribution in [0.2, 0.25) is 0 Å². The number of amides is 2. The number of anilines is 1. The highest BCUT2D eigenvalue weighted by atomic mass is 16.2. The summed E-state index contributed by atoms with van der Waals surface area (Å²) in [6.07, 6.45) is 0.223. The van der Waals surface area contributed by atoms with Gasteiger partial charge in [0.2, 0.25) is 11.8 Å². The summed E-state index contributed by atoms with van der Waals surface area (Å²) in [7, 11) is 1.73. The van der Waals surface area contributed by atoms with Gasteiger partial charge in [0.1, 0.15) is 22.8 Å². The molecule has 3 aromatic carbocycles. The van der Waals surface area contributed by atoms with Gasteiger partial charge in [-0.15, -0.1) is 0 Å². The topological polar surface area (TPSA) is 75.5 Å². The van der Waals surface area contributed by atoms with E-state index in [-0.39, 0.29) is 23.8 Å². The Morgan fingerprint density at radius 2 is 1.61 bits per heavy atom. The van der Waals surface area contributed by atoms with Crippen LogP contribution in [0.4, 0.5) is 5.69 Å². The number of hydrogen-bond donors (Lipinski definition) is 0. The monoisotopic (exact) mass is 476 g/mol. The molecule has 178 valence electrons. The molecule has 1 fully saturated rings. The third kappa shape index (κ3) is 2.28. The average Bonchev–Trinajstić information content (AvgIpc) is 3.13. The lowest BCUT2D eigenvalue weighted by Crippen LogP contribution is -2.73. The Bertz CT molecular complexity index is 1660. The predicted octanol–water partition coefficient (Wildman–Crippen LogP) is 3.51. The van der Waals surface area contributed by atoms with Crippen molar-refractivity contribution in [2.45, 2.75) is 36.9 Å². The van der Waals surface area contributed by atoms with E-state index in [2.05, 4.69) is 0 Å². The first kappa shape index (κ1) is 21.1. The van der Waals surface area contributed by atoms with Crippen molar-refractivity contribution in [2.75, 3.05) is 11.9 Å². The molecule has 0 saturated carbocycles. The van der Waals surface area contributed by atoms with E-state index in [0.717, 1.165) is 16.8 Å². The Balaban J connectivity index is 1.52. The zero-order valence-corrected chi connectivity index (χ0v) is 20.0. The molecule has 1 spiro atoms. The van der Waals surface area contributed by atoms with Gasteiger partial charge in [0.05, 0.1) is 17.4 Å². The van der Waals surface area contributed by atoms with Gasteiger partial charge in [-0.1, -0.05) is 60.7 Å². The molecule has 0 unspecified atom stereocenters. The molecule has 7 heteroatoms. The van der Waals surface area contributed by atoms with Crippen LogP contribution in [0, 0.1) is 0 Å². The number of rotatable bonds is 2. The highest BCUT2D eigenvalue weighted by Gasteiger charge is 2.72. The fourth-order valence-electron chi connectivity index (χ4n) is 6.74. The lowest BCUT2D eigenvalue weighted by Gasteiger charge is -2.59. The van der Waals surface area contributed by atoms with Gasteiger partial charge in [0, 0.05) is 12.7 Å². The van der Waals surface area contributed by atoms with Gasteiger partial charge in [-0.3, -0.25) is 19.0 Å². The maximum atomic E-state index is 14.6. The van der Waals surface area contributed by atoms with E-state index < -0.39 is 17.0 Å². The minimum Gasteiger partial charge on any atom is -0.330 e. The van der Waals surface area contributed by atoms with Crippen LogP contribution in [0.1, 0.15) is 36.3 Å². The summed E-state index contributed by atoms with van der Waals surface area (Å²) in [4.78, 5) is 50.3. The molecule has 0 radical (unpaired) electrons. The third-order valence-electron chi connectivity index (χ3n) is 8.62. The van der Waals surface area contributed by atoms with Crippen molar-refractivity contribution < 1.29 is 9.59 Å². The van der Waals surface area contributed by atoms with E-state index in [1.807, 2.05) is 78.6 Å². The largest absolute Gasteiger partial charge is 0.330 e. The standard InChI is InChI=1S/C29H24N4O3/c1-28-26-30-21-14-8-6-12-19(21)24(34)33(26)23(25(35)31(28)2)16-29(28)20-13-7-9-15-22(20)32(27(29)36)17-18-10-4-3-5-11-18/h3-15,23H,16-17H2,1-2H3/t23-,28-,29-/m0/s1. The maximum absolute atomic E-state index is 14.6. The number of para-hydroxylation sites is 2. The normalized spacial score (nSPS) is 26.1. The molecule has 2 amide bonds. The predicted molar refractivity (Wildman–Crippen MR) is 136 cm³/mol. The number of piperidine rings is 1. The fraction of sp³-hybridized carbons (Fsp3) is 0.241. The van der Waals surface area contributed by atoms with Crippen molar-refractivity contribution in [1.82, 2.24) is 14.5 Å². The molecular weight excluding hydrogens is 452 g/mol. The van der Waals surface area contributed by atoms with Crippen LogP contribution in [0.15, 0.2) is 83.7 Å². The second-order valence-electron chi connectivity index (χ2n) is 10.1. The van der Waals surface area contributed by atoms with Crippen molar-refractivity contribution in [1.29, 1.82) is 0 Å². The van der Waals surface area contributed by atoms with Gasteiger partial charge in [0.25, 0.3) is 5.56 Å². The summed E-state index contributed by atoms with van der Waals surface area (Å²) in [6, 6.07) is 24.1. The number of aromatic nitrogens is 2. The van der Waals surface area contributed by atoms with E-state index in [1.165, 1.54) is 0 Å². The second-order valence-corrected chi connectivity index (χ2v) is 10.1. The number of hydrogen-bond acceptors (Lipinski definition) is 4. The van der Waals surface area contributed by atoms with Gasteiger partial charge in [-0.05, 0) is 42.7 Å². The van der Waals surface area contributed by atoms with Crippen molar-refractivity contribution in [3.8, 4) is 0 Å². The Morgan fingerprint density at radius 3 is 2.42 bits per heavy atom. The molecule has 8 rings (SSSR count). The molecule has 2 bridgehead atoms. The minimum absolute atomic E-state index is 0.0620. The van der Waals surface area contributed by atoms with E-state index in [1.54, 1.807) is 28.6 Å². The smallest absolute Gasteiger partial charge is 0.262 e. The number of likely N-dealkylation sites (N-methyl/N-ethyl adjacent to an activating group) is 1. The third-order valence-corrected chi connectivity index (χ3v) is 8.62. The number of carbonyl (C=O) groups is 2. The zero-order chi connectivity index (χ0) is 24.8. The molecule has 1 saturated heterocycles. The number of nitrogens with zero attached hydrogens (tertiary/aromatic N) is 4. The van der Waals surface area contributed by atoms with Crippen LogP contribution < -0.4 is 10.5 Å². The summed E-state index contributed by atoms with van der Waals surface area (Å²) in [5, 5.41) is 0.478. The first-order chi connectivity index (χ1) is 17.4. The van der Waals surface area contributed by atoms with Crippen LogP contribution in [0.3, 0.4) is 0 Å². The fourth-order valence-corrected chi connectivity index (χ4v) is 6.74. The lowest BCUT2D eigenvalue weighted by atomic mass is 9.57. The SMILES string of the molecule is CN1C(=O)[C@@H]2C[C@]3(C(=O)N(Cc4ccccc4)c4ccccc43)[C@]1(C)c1nc3ccccc3c(=O)n12. The van der Waals surface area contributed by atoms with Crippen LogP contribution >= 0.6 is 0 Å². The van der Waals surface area contributed by atoms with Crippen LogP contribution in [0.25, 0.3) is 10.9 Å². The molecule has 0 N–H and O–H groups in total. The van der Waals surface area contributed by atoms with Crippen molar-refractivity contribution in [2.24, 2.45) is 0 Å². The molecule has 4 aliphatic rings. The average molecular weight is 477 g/mol. The maximum Gasteiger partial charge on any atom is 0.262 e. The second kappa shape index (κ2) is 6.91. The highest BCUT2D eigenvalue weighted by molar-refractivity contribution is 6.11. The number of fused-ring (bicyclic) bond motifs is 3. The first-order valence-electron chi connectivity index (χ1n) is 12.1. The molecule has 36 heavy (non-hydrogen) atoms. The summed E-state index contributed by atoms with van der Waals surface area (Å²) in [5.74, 6) is 0.240. The van der Waals surface area contributed by atoms with Gasteiger partial charge < -0.3 is 9.80 Å². The van der Waals surface area contributed by atoms with Crippen molar-refractivity contribution in [3.63, 3.8) is 0 Å². The molecule has 7 nitrogen and oxygen atoms in total. The Hall–Kier alpha value is -4.26. The van der Waals surface area contributed by atoms with E-state index in [4.69, 9.17) is 4.98 Å². The van der Waals surface area contributed by atoms with E-state index in [9.17, 15) is 14.4 Å². The summed E-state index contributed by atoms with van der Waals surface area (Å²) >= 11 is 0. The summed E-state index contributed by atoms with van der Waals surface area (Å²) in [6.45, 7) is 2.32. The molecular formula is C29H24N4O3. The molecule has 3 atom stereocenters. The zero-order valence-electron chi connectivity index (χ0n) is 20.0. The van der Waals surface area contributed by atoms with Gasteiger partial charge in [-0.2, -0.15) is 0 Å². The van der Waals surface area contributed by atoms with Crippen molar-refractivity contribution in [3.05, 3.63) is 106 Å². The lowest BCUT2D eigenvalue weighted by molar-refractivity contribution is -0.163. The summed E-state index contributed by atoms with van der Waals surface area (Å²) < 4.78 is 1.55. The molecule has 4 aromatic rings. The van der Waals surface area contributed by atoms with Gasteiger partial charge >= 0.3 is 0 Å². The quantitative estimate of drug-likeness (QED) is 0.444. The Morgan fingerprint density at radius 1 is 0.917 bits per heavy atom. The van der Waals surface area contributed by atoms with Crippen LogP contribution in [0.5, 0.6) is 0 Å². The van der Waals surface area contributed by atoms with Crippen LogP contribution in [-0.2, 0) is 27.1 Å². The summed E-state index contributed by atoms with van der Waals surface area (Å²) in [5.41, 5.74) is 0.867. The van der Waals surface area contributed by atoms with E-state index in [0.29, 0.717) is 23.3 Å². The Labute approximate surface area is 207 Å².